The fourth-order valence-electron chi connectivity index (χ4n) is 4.65. The number of aromatic nitrogens is 2. The summed E-state index contributed by atoms with van der Waals surface area (Å²) in [5.74, 6) is 2.22. The van der Waals surface area contributed by atoms with Crippen molar-refractivity contribution in [3.63, 3.8) is 0 Å². The van der Waals surface area contributed by atoms with Crippen molar-refractivity contribution < 1.29 is 4.57 Å². The molecule has 0 atom stereocenters. The summed E-state index contributed by atoms with van der Waals surface area (Å²) in [5, 5.41) is 3.72. The maximum atomic E-state index is 5.25. The minimum absolute atomic E-state index is 0.943. The number of fused-ring (bicyclic) bond motifs is 1. The van der Waals surface area contributed by atoms with Gasteiger partial charge < -0.3 is 10.2 Å². The summed E-state index contributed by atoms with van der Waals surface area (Å²) < 4.78 is 2.53. The number of benzene rings is 1. The normalized spacial score (nSPS) is 13.6. The average Bonchev–Trinajstić information content (AvgIpc) is 2.83. The first kappa shape index (κ1) is 23.7. The minimum Gasteiger partial charge on any atom is -0.348 e. The Labute approximate surface area is 189 Å². The van der Waals surface area contributed by atoms with Gasteiger partial charge in [0, 0.05) is 26.1 Å². The smallest absolute Gasteiger partial charge is 0.333 e. The molecule has 2 aromatic rings. The summed E-state index contributed by atoms with van der Waals surface area (Å²) in [6.45, 7) is 17.4. The molecule has 1 aliphatic rings. The molecule has 1 N–H and O–H groups in total. The molecule has 0 radical (unpaired) electrons. The van der Waals surface area contributed by atoms with E-state index in [-0.39, 0.29) is 0 Å². The molecular weight excluding hydrogens is 382 g/mol. The zero-order valence-corrected chi connectivity index (χ0v) is 20.2. The predicted molar refractivity (Wildman–Crippen MR) is 131 cm³/mol. The zero-order valence-electron chi connectivity index (χ0n) is 20.2. The molecule has 170 valence electrons. The van der Waals surface area contributed by atoms with Gasteiger partial charge in [0.2, 0.25) is 5.82 Å². The van der Waals surface area contributed by atoms with E-state index >= 15 is 0 Å². The topological polar surface area (TPSA) is 35.3 Å². The van der Waals surface area contributed by atoms with Crippen molar-refractivity contribution in [1.82, 2.24) is 14.8 Å². The van der Waals surface area contributed by atoms with Crippen molar-refractivity contribution in [3.05, 3.63) is 41.6 Å². The third kappa shape index (κ3) is 6.05. The highest BCUT2D eigenvalue weighted by molar-refractivity contribution is 5.57. The van der Waals surface area contributed by atoms with Crippen LogP contribution in [0.4, 0.5) is 5.82 Å². The van der Waals surface area contributed by atoms with Crippen LogP contribution in [0.25, 0.3) is 11.4 Å². The highest BCUT2D eigenvalue weighted by Crippen LogP contribution is 2.27. The molecule has 5 nitrogen and oxygen atoms in total. The van der Waals surface area contributed by atoms with Crippen LogP contribution in [0.1, 0.15) is 51.8 Å². The Morgan fingerprint density at radius 2 is 1.52 bits per heavy atom. The van der Waals surface area contributed by atoms with Crippen LogP contribution in [0.15, 0.2) is 30.3 Å². The second kappa shape index (κ2) is 12.2. The van der Waals surface area contributed by atoms with E-state index in [1.54, 1.807) is 0 Å². The Balaban J connectivity index is 1.97. The van der Waals surface area contributed by atoms with Crippen molar-refractivity contribution in [1.29, 1.82) is 0 Å². The predicted octanol–water partition coefficient (Wildman–Crippen LogP) is 4.01. The second-order valence-electron chi connectivity index (χ2n) is 8.41. The van der Waals surface area contributed by atoms with Gasteiger partial charge in [-0.2, -0.15) is 0 Å². The van der Waals surface area contributed by atoms with E-state index in [0.29, 0.717) is 0 Å². The van der Waals surface area contributed by atoms with Gasteiger partial charge in [0.15, 0.2) is 0 Å². The SMILES string of the molecule is CCN(CC)CCNc1nc(-c2ccccc2)[n+](CCN(CC)CC)c2c1CCCC2. The molecule has 1 aromatic carbocycles. The van der Waals surface area contributed by atoms with Gasteiger partial charge in [-0.15, -0.1) is 0 Å². The number of anilines is 1. The van der Waals surface area contributed by atoms with E-state index in [0.717, 1.165) is 76.8 Å². The van der Waals surface area contributed by atoms with Crippen molar-refractivity contribution in [2.75, 3.05) is 51.1 Å². The second-order valence-corrected chi connectivity index (χ2v) is 8.41. The Morgan fingerprint density at radius 3 is 2.19 bits per heavy atom. The van der Waals surface area contributed by atoms with E-state index in [4.69, 9.17) is 4.98 Å². The minimum atomic E-state index is 0.943. The van der Waals surface area contributed by atoms with E-state index < -0.39 is 0 Å². The molecule has 5 heteroatoms. The van der Waals surface area contributed by atoms with Gasteiger partial charge in [-0.1, -0.05) is 45.9 Å². The first-order chi connectivity index (χ1) is 15.2. The molecule has 1 aliphatic carbocycles. The lowest BCUT2D eigenvalue weighted by Gasteiger charge is -2.23. The van der Waals surface area contributed by atoms with Gasteiger partial charge >= 0.3 is 5.82 Å². The summed E-state index contributed by atoms with van der Waals surface area (Å²) in [7, 11) is 0. The number of rotatable bonds is 12. The Hall–Kier alpha value is -1.98. The van der Waals surface area contributed by atoms with Crippen LogP contribution in [0.2, 0.25) is 0 Å². The largest absolute Gasteiger partial charge is 0.348 e. The molecule has 0 saturated carbocycles. The number of hydrogen-bond donors (Lipinski definition) is 1. The van der Waals surface area contributed by atoms with E-state index in [1.807, 2.05) is 0 Å². The molecule has 0 saturated heterocycles. The summed E-state index contributed by atoms with van der Waals surface area (Å²) in [5.41, 5.74) is 4.16. The lowest BCUT2D eigenvalue weighted by atomic mass is 9.95. The monoisotopic (exact) mass is 424 g/mol. The number of nitrogens with zero attached hydrogens (tertiary/aromatic N) is 4. The van der Waals surface area contributed by atoms with Gasteiger partial charge in [-0.3, -0.25) is 4.90 Å². The van der Waals surface area contributed by atoms with Gasteiger partial charge in [0.1, 0.15) is 12.2 Å². The van der Waals surface area contributed by atoms with E-state index in [2.05, 4.69) is 77.7 Å². The van der Waals surface area contributed by atoms with Crippen LogP contribution in [-0.4, -0.2) is 60.6 Å². The molecule has 0 fully saturated rings. The quantitative estimate of drug-likeness (QED) is 0.522. The molecule has 0 bridgehead atoms. The fourth-order valence-corrected chi connectivity index (χ4v) is 4.65. The number of nitrogens with one attached hydrogen (secondary N) is 1. The molecule has 0 aliphatic heterocycles. The maximum absolute atomic E-state index is 5.25. The van der Waals surface area contributed by atoms with Gasteiger partial charge in [-0.05, 0) is 62.6 Å². The molecule has 3 rings (SSSR count). The van der Waals surface area contributed by atoms with Gasteiger partial charge in [0.25, 0.3) is 0 Å². The van der Waals surface area contributed by atoms with Crippen LogP contribution in [0, 0.1) is 0 Å². The van der Waals surface area contributed by atoms with Crippen LogP contribution < -0.4 is 9.88 Å². The van der Waals surface area contributed by atoms with Crippen LogP contribution >= 0.6 is 0 Å². The Morgan fingerprint density at radius 1 is 0.871 bits per heavy atom. The third-order valence-corrected chi connectivity index (χ3v) is 6.70. The molecule has 0 amide bonds. The van der Waals surface area contributed by atoms with Crippen molar-refractivity contribution in [3.8, 4) is 11.4 Å². The van der Waals surface area contributed by atoms with Crippen LogP contribution in [0.3, 0.4) is 0 Å². The molecule has 31 heavy (non-hydrogen) atoms. The summed E-state index contributed by atoms with van der Waals surface area (Å²) in [4.78, 5) is 10.2. The molecule has 1 aromatic heterocycles. The average molecular weight is 425 g/mol. The highest BCUT2D eigenvalue weighted by Gasteiger charge is 2.29. The first-order valence-corrected chi connectivity index (χ1v) is 12.4. The lowest BCUT2D eigenvalue weighted by Crippen LogP contribution is -2.48. The van der Waals surface area contributed by atoms with Crippen molar-refractivity contribution in [2.45, 2.75) is 59.9 Å². The summed E-state index contributed by atoms with van der Waals surface area (Å²) in [6.07, 6.45) is 4.83. The first-order valence-electron chi connectivity index (χ1n) is 12.4. The zero-order chi connectivity index (χ0) is 22.1. The molecule has 0 spiro atoms. The fraction of sp³-hybridized carbons (Fsp3) is 0.615. The lowest BCUT2D eigenvalue weighted by molar-refractivity contribution is -0.696. The van der Waals surface area contributed by atoms with Crippen molar-refractivity contribution >= 4 is 5.82 Å². The van der Waals surface area contributed by atoms with Gasteiger partial charge in [0.05, 0.1) is 11.1 Å². The number of hydrogen-bond acceptors (Lipinski definition) is 4. The van der Waals surface area contributed by atoms with E-state index in [1.165, 1.54) is 29.7 Å². The maximum Gasteiger partial charge on any atom is 0.333 e. The van der Waals surface area contributed by atoms with E-state index in [9.17, 15) is 0 Å². The summed E-state index contributed by atoms with van der Waals surface area (Å²) in [6, 6.07) is 10.7. The standard InChI is InChI=1S/C26H41N5/c1-5-29(6-2)19-18-27-25-23-16-12-13-17-24(23)31(21-20-30(7-3)8-4)26(28-25)22-14-10-9-11-15-22/h9-11,14-15H,5-8,12-13,16-21H2,1-4H3/p+1. The highest BCUT2D eigenvalue weighted by atomic mass is 15.2. The van der Waals surface area contributed by atoms with Gasteiger partial charge in [-0.25, -0.2) is 4.57 Å². The molecular formula is C26H42N5+. The number of likely N-dealkylation sites (N-methyl/N-ethyl adjacent to an activating group) is 2. The van der Waals surface area contributed by atoms with Crippen LogP contribution in [0.5, 0.6) is 0 Å². The molecule has 1 heterocycles. The third-order valence-electron chi connectivity index (χ3n) is 6.70. The van der Waals surface area contributed by atoms with Crippen LogP contribution in [-0.2, 0) is 19.4 Å². The Bertz CT molecular complexity index is 797. The summed E-state index contributed by atoms with van der Waals surface area (Å²) >= 11 is 0. The Kier molecular flexibility index (Phi) is 9.29. The molecule has 0 unspecified atom stereocenters. The van der Waals surface area contributed by atoms with Crippen molar-refractivity contribution in [2.24, 2.45) is 0 Å².